The van der Waals surface area contributed by atoms with E-state index < -0.39 is 5.97 Å². The molecule has 12 heavy (non-hydrogen) atoms. The van der Waals surface area contributed by atoms with E-state index in [2.05, 4.69) is 0 Å². The molecule has 0 spiro atoms. The monoisotopic (exact) mass is 244 g/mol. The molecular formula is C7H8O4Sr. The molecule has 0 bridgehead atoms. The predicted molar refractivity (Wildman–Crippen MR) is 45.1 cm³/mol. The normalized spacial score (nSPS) is 9.67. The smallest absolute Gasteiger partial charge is 1.00 e. The van der Waals surface area contributed by atoms with E-state index in [0.29, 0.717) is 11.5 Å². The van der Waals surface area contributed by atoms with Gasteiger partial charge in [-0.1, -0.05) is 6.07 Å². The van der Waals surface area contributed by atoms with Crippen LogP contribution in [0.25, 0.3) is 0 Å². The molecule has 0 aliphatic carbocycles. The molecule has 0 amide bonds. The first-order chi connectivity index (χ1) is 4.79. The molecule has 0 saturated heterocycles. The van der Waals surface area contributed by atoms with Crippen molar-refractivity contribution in [2.75, 3.05) is 0 Å². The fourth-order valence-corrected chi connectivity index (χ4v) is 0.858. The summed E-state index contributed by atoms with van der Waals surface area (Å²) in [7, 11) is 0. The molecule has 2 rings (SSSR count). The predicted octanol–water partition coefficient (Wildman–Crippen LogP) is 0.510. The van der Waals surface area contributed by atoms with Crippen LogP contribution in [0.15, 0.2) is 18.2 Å². The van der Waals surface area contributed by atoms with E-state index in [4.69, 9.17) is 9.84 Å². The third kappa shape index (κ3) is 1.99. The Morgan fingerprint density at radius 1 is 1.50 bits per heavy atom. The maximum atomic E-state index is 10.4. The van der Waals surface area contributed by atoms with Crippen molar-refractivity contribution in [1.29, 1.82) is 0 Å². The van der Waals surface area contributed by atoms with Crippen LogP contribution in [0.1, 0.15) is 13.2 Å². The SMILES string of the molecule is O.O=C(O)c1cccc2c1O2.[H-].[H-].[Sr+2]. The van der Waals surface area contributed by atoms with E-state index in [1.165, 1.54) is 6.07 Å². The third-order valence-electron chi connectivity index (χ3n) is 1.38. The van der Waals surface area contributed by atoms with Crippen molar-refractivity contribution in [3.63, 3.8) is 0 Å². The van der Waals surface area contributed by atoms with Gasteiger partial charge >= 0.3 is 51.5 Å². The van der Waals surface area contributed by atoms with Gasteiger partial charge in [-0.25, -0.2) is 4.79 Å². The van der Waals surface area contributed by atoms with Gasteiger partial charge in [-0.3, -0.25) is 0 Å². The summed E-state index contributed by atoms with van der Waals surface area (Å²) in [6.07, 6.45) is 0. The fourth-order valence-electron chi connectivity index (χ4n) is 0.858. The number of carbonyl (C=O) groups is 1. The van der Waals surface area contributed by atoms with E-state index in [0.717, 1.165) is 0 Å². The zero-order valence-corrected chi connectivity index (χ0v) is 9.68. The van der Waals surface area contributed by atoms with Gasteiger partial charge in [-0.2, -0.15) is 0 Å². The standard InChI is InChI=1S/C7H4O3.H2O.Sr.2H/c8-7(9)4-2-1-3-5-6(4)10-5;;;;/h1-3H,(H,8,9);1H2;;;/q;;+2;2*-1. The van der Waals surface area contributed by atoms with E-state index in [9.17, 15) is 4.79 Å². The Morgan fingerprint density at radius 3 is 2.67 bits per heavy atom. The Morgan fingerprint density at radius 2 is 2.17 bits per heavy atom. The number of fused-ring (bicyclic) bond motifs is 1. The summed E-state index contributed by atoms with van der Waals surface area (Å²) in [4.78, 5) is 10.4. The van der Waals surface area contributed by atoms with Crippen LogP contribution in [0.5, 0.6) is 11.5 Å². The summed E-state index contributed by atoms with van der Waals surface area (Å²) in [5.74, 6) is 0.254. The molecule has 0 radical (unpaired) electrons. The van der Waals surface area contributed by atoms with Gasteiger partial charge in [0, 0.05) is 0 Å². The minimum atomic E-state index is -0.936. The maximum Gasteiger partial charge on any atom is 2.00 e. The second-order valence-electron chi connectivity index (χ2n) is 2.04. The van der Waals surface area contributed by atoms with Gasteiger partial charge in [0.1, 0.15) is 5.56 Å². The summed E-state index contributed by atoms with van der Waals surface area (Å²) in [5, 5.41) is 8.52. The topological polar surface area (TPSA) is 81.3 Å². The number of ether oxygens (including phenoxy) is 1. The van der Waals surface area contributed by atoms with Crippen LogP contribution in [0.4, 0.5) is 0 Å². The Balaban J connectivity index is -0.000000302. The summed E-state index contributed by atoms with van der Waals surface area (Å²) < 4.78 is 4.85. The molecule has 0 aromatic heterocycles. The minimum Gasteiger partial charge on any atom is -1.00 e. The number of rotatable bonds is 1. The molecule has 0 atom stereocenters. The summed E-state index contributed by atoms with van der Waals surface area (Å²) in [6.45, 7) is 0. The molecule has 5 heteroatoms. The first kappa shape index (κ1) is 11.9. The van der Waals surface area contributed by atoms with Gasteiger partial charge in [0.25, 0.3) is 0 Å². The van der Waals surface area contributed by atoms with Crippen molar-refractivity contribution in [1.82, 2.24) is 0 Å². The molecule has 62 valence electrons. The molecule has 1 aromatic rings. The number of carboxylic acids is 1. The summed E-state index contributed by atoms with van der Waals surface area (Å²) in [5.41, 5.74) is 0.248. The molecule has 3 N–H and O–H groups in total. The maximum absolute atomic E-state index is 10.4. The van der Waals surface area contributed by atoms with Crippen LogP contribution < -0.4 is 4.74 Å². The Bertz CT molecular complexity index is 319. The molecule has 1 heterocycles. The average molecular weight is 244 g/mol. The quantitative estimate of drug-likeness (QED) is 0.585. The number of para-hydroxylation sites is 1. The number of carboxylic acid groups (broad SMARTS) is 1. The zero-order chi connectivity index (χ0) is 7.14. The molecule has 0 fully saturated rings. The van der Waals surface area contributed by atoms with Crippen LogP contribution in [-0.4, -0.2) is 62.0 Å². The summed E-state index contributed by atoms with van der Waals surface area (Å²) in [6, 6.07) is 4.92. The number of hydrogen-bond acceptors (Lipinski definition) is 2. The van der Waals surface area contributed by atoms with Crippen LogP contribution >= 0.6 is 0 Å². The minimum absolute atomic E-state index is 0. The van der Waals surface area contributed by atoms with Gasteiger partial charge in [-0.05, 0) is 12.1 Å². The van der Waals surface area contributed by atoms with E-state index >= 15 is 0 Å². The second kappa shape index (κ2) is 4.25. The fraction of sp³-hybridized carbons (Fsp3) is 0. The number of hydrogen-bond donors (Lipinski definition) is 1. The average Bonchev–Trinajstić information content (AvgIpc) is 2.63. The van der Waals surface area contributed by atoms with Crippen molar-refractivity contribution < 1.29 is 23.0 Å². The van der Waals surface area contributed by atoms with Crippen molar-refractivity contribution >= 4 is 51.5 Å². The van der Waals surface area contributed by atoms with Crippen LogP contribution in [0.3, 0.4) is 0 Å². The van der Waals surface area contributed by atoms with Crippen molar-refractivity contribution in [2.45, 2.75) is 0 Å². The largest absolute Gasteiger partial charge is 2.00 e. The van der Waals surface area contributed by atoms with Crippen molar-refractivity contribution in [3.05, 3.63) is 23.8 Å². The van der Waals surface area contributed by atoms with Crippen LogP contribution in [0, 0.1) is 0 Å². The Labute approximate surface area is 109 Å². The molecule has 1 aromatic carbocycles. The van der Waals surface area contributed by atoms with Gasteiger partial charge < -0.3 is 18.2 Å². The number of aromatic carboxylic acids is 1. The van der Waals surface area contributed by atoms with Crippen molar-refractivity contribution in [2.24, 2.45) is 0 Å². The van der Waals surface area contributed by atoms with Gasteiger partial charge in [0.15, 0.2) is 11.5 Å². The van der Waals surface area contributed by atoms with E-state index in [1.54, 1.807) is 12.1 Å². The van der Waals surface area contributed by atoms with Crippen LogP contribution in [0.2, 0.25) is 0 Å². The molecular weight excluding hydrogens is 236 g/mol. The third-order valence-corrected chi connectivity index (χ3v) is 1.38. The number of benzene rings is 1. The van der Waals surface area contributed by atoms with Crippen molar-refractivity contribution in [3.8, 4) is 11.5 Å². The molecule has 1 aliphatic rings. The Kier molecular flexibility index (Phi) is 4.22. The first-order valence-corrected chi connectivity index (χ1v) is 2.83. The second-order valence-corrected chi connectivity index (χ2v) is 2.04. The van der Waals surface area contributed by atoms with Crippen LogP contribution in [-0.2, 0) is 0 Å². The molecule has 1 aliphatic heterocycles. The molecule has 0 unspecified atom stereocenters. The van der Waals surface area contributed by atoms with Gasteiger partial charge in [0.2, 0.25) is 0 Å². The first-order valence-electron chi connectivity index (χ1n) is 2.83. The molecule has 4 nitrogen and oxygen atoms in total. The van der Waals surface area contributed by atoms with Gasteiger partial charge in [0.05, 0.1) is 0 Å². The van der Waals surface area contributed by atoms with E-state index in [1.807, 2.05) is 0 Å². The van der Waals surface area contributed by atoms with Gasteiger partial charge in [-0.15, -0.1) is 0 Å². The zero-order valence-electron chi connectivity index (χ0n) is 8.20. The summed E-state index contributed by atoms with van der Waals surface area (Å²) >= 11 is 0. The Hall–Kier alpha value is -0.0695. The van der Waals surface area contributed by atoms with E-state index in [-0.39, 0.29) is 59.4 Å². The molecule has 0 saturated carbocycles.